The minimum absolute atomic E-state index is 0.136. The van der Waals surface area contributed by atoms with E-state index in [4.69, 9.17) is 9.84 Å². The van der Waals surface area contributed by atoms with Crippen LogP contribution in [0.4, 0.5) is 4.39 Å². The topological polar surface area (TPSA) is 64.4 Å². The van der Waals surface area contributed by atoms with Gasteiger partial charge in [-0.3, -0.25) is 0 Å². The number of halogens is 1. The normalized spacial score (nSPS) is 11.0. The zero-order valence-electron chi connectivity index (χ0n) is 11.5. The molecule has 0 atom stereocenters. The molecule has 0 fully saturated rings. The predicted octanol–water partition coefficient (Wildman–Crippen LogP) is 2.28. The number of ether oxygens (including phenoxy) is 1. The lowest BCUT2D eigenvalue weighted by Gasteiger charge is -2.07. The summed E-state index contributed by atoms with van der Waals surface area (Å²) in [6.45, 7) is 0.312. The number of aliphatic carboxylic acids is 1. The van der Waals surface area contributed by atoms with Crippen molar-refractivity contribution in [2.45, 2.75) is 6.42 Å². The van der Waals surface area contributed by atoms with Crippen LogP contribution in [0.1, 0.15) is 11.4 Å². The Morgan fingerprint density at radius 1 is 1.52 bits per heavy atom. The van der Waals surface area contributed by atoms with Crippen LogP contribution >= 0.6 is 0 Å². The van der Waals surface area contributed by atoms with E-state index in [1.165, 1.54) is 18.2 Å². The van der Waals surface area contributed by atoms with Crippen molar-refractivity contribution in [1.29, 1.82) is 0 Å². The molecule has 0 radical (unpaired) electrons. The highest BCUT2D eigenvalue weighted by Crippen LogP contribution is 2.19. The van der Waals surface area contributed by atoms with Crippen LogP contribution in [-0.2, 0) is 18.3 Å². The maximum Gasteiger partial charge on any atom is 0.328 e. The number of carboxylic acids is 1. The van der Waals surface area contributed by atoms with Gasteiger partial charge in [-0.25, -0.2) is 14.2 Å². The van der Waals surface area contributed by atoms with Crippen LogP contribution in [0.15, 0.2) is 36.7 Å². The molecule has 0 aliphatic rings. The summed E-state index contributed by atoms with van der Waals surface area (Å²) in [7, 11) is 1.88. The fraction of sp³-hybridized carbons (Fsp3) is 0.200. The van der Waals surface area contributed by atoms with Gasteiger partial charge >= 0.3 is 5.97 Å². The van der Waals surface area contributed by atoms with Crippen molar-refractivity contribution in [3.8, 4) is 5.75 Å². The average Bonchev–Trinajstić information content (AvgIpc) is 2.84. The molecule has 1 aromatic heterocycles. The van der Waals surface area contributed by atoms with Crippen molar-refractivity contribution in [2.75, 3.05) is 6.61 Å². The minimum Gasteiger partial charge on any atom is -0.490 e. The fourth-order valence-corrected chi connectivity index (χ4v) is 1.79. The molecule has 1 aromatic carbocycles. The molecule has 0 aliphatic carbocycles. The molecule has 5 nitrogen and oxygen atoms in total. The van der Waals surface area contributed by atoms with E-state index in [1.807, 2.05) is 17.8 Å². The highest BCUT2D eigenvalue weighted by atomic mass is 19.1. The van der Waals surface area contributed by atoms with Crippen molar-refractivity contribution in [3.05, 3.63) is 53.9 Å². The van der Waals surface area contributed by atoms with Gasteiger partial charge in [0, 0.05) is 31.9 Å². The lowest BCUT2D eigenvalue weighted by atomic mass is 10.2. The summed E-state index contributed by atoms with van der Waals surface area (Å²) < 4.78 is 21.0. The first-order chi connectivity index (χ1) is 10.1. The molecule has 0 saturated heterocycles. The first-order valence-electron chi connectivity index (χ1n) is 6.36. The lowest BCUT2D eigenvalue weighted by molar-refractivity contribution is -0.131. The van der Waals surface area contributed by atoms with Gasteiger partial charge in [-0.05, 0) is 23.8 Å². The van der Waals surface area contributed by atoms with Crippen LogP contribution in [0.25, 0.3) is 6.08 Å². The maximum atomic E-state index is 13.8. The molecule has 6 heteroatoms. The number of hydrogen-bond acceptors (Lipinski definition) is 3. The summed E-state index contributed by atoms with van der Waals surface area (Å²) in [5.74, 6) is -0.610. The van der Waals surface area contributed by atoms with E-state index >= 15 is 0 Å². The molecule has 0 unspecified atom stereocenters. The predicted molar refractivity (Wildman–Crippen MR) is 75.5 cm³/mol. The van der Waals surface area contributed by atoms with E-state index < -0.39 is 11.8 Å². The molecule has 0 spiro atoms. The Balaban J connectivity index is 1.95. The summed E-state index contributed by atoms with van der Waals surface area (Å²) in [6, 6.07) is 4.31. The van der Waals surface area contributed by atoms with E-state index in [1.54, 1.807) is 12.3 Å². The molecule has 0 bridgehead atoms. The fourth-order valence-electron chi connectivity index (χ4n) is 1.79. The Bertz CT molecular complexity index is 665. The number of nitrogens with zero attached hydrogens (tertiary/aromatic N) is 2. The van der Waals surface area contributed by atoms with Gasteiger partial charge in [-0.15, -0.1) is 0 Å². The standard InChI is InChI=1S/C15H15FN2O3/c1-18-8-7-17-14(18)6-9-21-13-4-2-11(10-12(13)16)3-5-15(19)20/h2-5,7-8,10H,6,9H2,1H3,(H,19,20)/b5-3+. The highest BCUT2D eigenvalue weighted by Gasteiger charge is 2.05. The number of aryl methyl sites for hydroxylation is 1. The molecule has 1 N–H and O–H groups in total. The zero-order valence-corrected chi connectivity index (χ0v) is 11.5. The Kier molecular flexibility index (Phi) is 4.71. The van der Waals surface area contributed by atoms with E-state index in [2.05, 4.69) is 4.98 Å². The Morgan fingerprint density at radius 3 is 2.95 bits per heavy atom. The summed E-state index contributed by atoms with van der Waals surface area (Å²) in [5.41, 5.74) is 0.464. The van der Waals surface area contributed by atoms with Crippen molar-refractivity contribution >= 4 is 12.0 Å². The Morgan fingerprint density at radius 2 is 2.33 bits per heavy atom. The second-order valence-corrected chi connectivity index (χ2v) is 4.41. The molecule has 110 valence electrons. The number of carbonyl (C=O) groups is 1. The monoisotopic (exact) mass is 290 g/mol. The van der Waals surface area contributed by atoms with E-state index in [0.29, 0.717) is 18.6 Å². The van der Waals surface area contributed by atoms with Crippen molar-refractivity contribution in [3.63, 3.8) is 0 Å². The Labute approximate surface area is 121 Å². The smallest absolute Gasteiger partial charge is 0.328 e. The second-order valence-electron chi connectivity index (χ2n) is 4.41. The number of rotatable bonds is 6. The molecule has 0 aliphatic heterocycles. The van der Waals surface area contributed by atoms with Crippen molar-refractivity contribution in [2.24, 2.45) is 7.05 Å². The maximum absolute atomic E-state index is 13.8. The van der Waals surface area contributed by atoms with E-state index in [0.717, 1.165) is 11.9 Å². The zero-order chi connectivity index (χ0) is 15.2. The van der Waals surface area contributed by atoms with Gasteiger partial charge in [0.15, 0.2) is 11.6 Å². The molecule has 0 saturated carbocycles. The second kappa shape index (κ2) is 6.69. The third-order valence-electron chi connectivity index (χ3n) is 2.88. The van der Waals surface area contributed by atoms with Gasteiger partial charge in [0.05, 0.1) is 6.61 Å². The minimum atomic E-state index is -1.08. The highest BCUT2D eigenvalue weighted by molar-refractivity contribution is 5.85. The molecule has 1 heterocycles. The van der Waals surface area contributed by atoms with Gasteiger partial charge < -0.3 is 14.4 Å². The van der Waals surface area contributed by atoms with Gasteiger partial charge in [0.1, 0.15) is 5.82 Å². The number of imidazole rings is 1. The molecule has 2 aromatic rings. The third kappa shape index (κ3) is 4.17. The third-order valence-corrected chi connectivity index (χ3v) is 2.88. The molecular formula is C15H15FN2O3. The van der Waals surface area contributed by atoms with Crippen molar-refractivity contribution in [1.82, 2.24) is 9.55 Å². The summed E-state index contributed by atoms with van der Waals surface area (Å²) in [4.78, 5) is 14.5. The van der Waals surface area contributed by atoms with E-state index in [-0.39, 0.29) is 5.75 Å². The van der Waals surface area contributed by atoms with Gasteiger partial charge in [0.25, 0.3) is 0 Å². The first-order valence-corrected chi connectivity index (χ1v) is 6.36. The lowest BCUT2D eigenvalue weighted by Crippen LogP contribution is -2.07. The number of benzene rings is 1. The quantitative estimate of drug-likeness (QED) is 0.829. The molecular weight excluding hydrogens is 275 g/mol. The van der Waals surface area contributed by atoms with Crippen molar-refractivity contribution < 1.29 is 19.0 Å². The Hall–Kier alpha value is -2.63. The van der Waals surface area contributed by atoms with Crippen LogP contribution in [0, 0.1) is 5.82 Å². The molecule has 2 rings (SSSR count). The van der Waals surface area contributed by atoms with Gasteiger partial charge in [0.2, 0.25) is 0 Å². The van der Waals surface area contributed by atoms with Gasteiger partial charge in [-0.1, -0.05) is 6.07 Å². The van der Waals surface area contributed by atoms with Gasteiger partial charge in [-0.2, -0.15) is 0 Å². The molecule has 21 heavy (non-hydrogen) atoms. The summed E-state index contributed by atoms with van der Waals surface area (Å²) in [5, 5.41) is 8.51. The first kappa shape index (κ1) is 14.8. The summed E-state index contributed by atoms with van der Waals surface area (Å²) in [6.07, 6.45) is 6.38. The van der Waals surface area contributed by atoms with Crippen LogP contribution < -0.4 is 4.74 Å². The van der Waals surface area contributed by atoms with Crippen LogP contribution in [0.5, 0.6) is 5.75 Å². The number of hydrogen-bond donors (Lipinski definition) is 1. The summed E-state index contributed by atoms with van der Waals surface area (Å²) >= 11 is 0. The van der Waals surface area contributed by atoms with E-state index in [9.17, 15) is 9.18 Å². The average molecular weight is 290 g/mol. The largest absolute Gasteiger partial charge is 0.490 e. The SMILES string of the molecule is Cn1ccnc1CCOc1ccc(/C=C/C(=O)O)cc1F. The number of aromatic nitrogens is 2. The molecule has 0 amide bonds. The van der Waals surface area contributed by atoms with Crippen LogP contribution in [-0.4, -0.2) is 27.2 Å². The van der Waals surface area contributed by atoms with Crippen LogP contribution in [0.2, 0.25) is 0 Å². The van der Waals surface area contributed by atoms with Crippen LogP contribution in [0.3, 0.4) is 0 Å². The number of carboxylic acid groups (broad SMARTS) is 1.